The highest BCUT2D eigenvalue weighted by Gasteiger charge is 2.63. The van der Waals surface area contributed by atoms with Gasteiger partial charge in [0.25, 0.3) is 0 Å². The van der Waals surface area contributed by atoms with E-state index in [9.17, 15) is 13.2 Å². The fourth-order valence-corrected chi connectivity index (χ4v) is 1.67. The van der Waals surface area contributed by atoms with E-state index in [-0.39, 0.29) is 19.4 Å². The molecule has 0 saturated heterocycles. The third-order valence-corrected chi connectivity index (χ3v) is 3.26. The molecule has 0 aromatic carbocycles. The van der Waals surface area contributed by atoms with Crippen LogP contribution in [0.4, 0.5) is 13.2 Å². The molecule has 1 heterocycles. The first-order valence-electron chi connectivity index (χ1n) is 4.84. The van der Waals surface area contributed by atoms with Crippen LogP contribution in [0.5, 0.6) is 0 Å². The van der Waals surface area contributed by atoms with E-state index in [1.807, 2.05) is 0 Å². The molecule has 1 aliphatic rings. The Balaban J connectivity index is 2.01. The van der Waals surface area contributed by atoms with Crippen LogP contribution >= 0.6 is 11.6 Å². The molecule has 0 spiro atoms. The Morgan fingerprint density at radius 1 is 1.56 bits per heavy atom. The van der Waals surface area contributed by atoms with Gasteiger partial charge in [0.15, 0.2) is 0 Å². The van der Waals surface area contributed by atoms with E-state index in [2.05, 4.69) is 10.3 Å². The highest BCUT2D eigenvalue weighted by atomic mass is 35.5. The number of rotatable bonds is 3. The van der Waals surface area contributed by atoms with Gasteiger partial charge in [-0.15, -0.1) is 0 Å². The van der Waals surface area contributed by atoms with E-state index in [0.717, 1.165) is 0 Å². The highest BCUT2D eigenvalue weighted by Crippen LogP contribution is 2.49. The summed E-state index contributed by atoms with van der Waals surface area (Å²) >= 11 is 5.74. The normalized spacial score (nSPS) is 18.8. The molecule has 1 saturated carbocycles. The van der Waals surface area contributed by atoms with Crippen molar-refractivity contribution in [3.05, 3.63) is 17.2 Å². The zero-order valence-electron chi connectivity index (χ0n) is 8.60. The Bertz CT molecular complexity index is 395. The number of nitrogens with one attached hydrogen (secondary N) is 1. The van der Waals surface area contributed by atoms with Gasteiger partial charge in [-0.3, -0.25) is 5.32 Å². The Morgan fingerprint density at radius 2 is 2.19 bits per heavy atom. The average Bonchev–Trinajstić information content (AvgIpc) is 2.91. The predicted octanol–water partition coefficient (Wildman–Crippen LogP) is 2.26. The summed E-state index contributed by atoms with van der Waals surface area (Å²) in [5, 5.41) is 2.92. The lowest BCUT2D eigenvalue weighted by Gasteiger charge is -2.20. The van der Waals surface area contributed by atoms with Gasteiger partial charge >= 0.3 is 6.18 Å². The van der Waals surface area contributed by atoms with Gasteiger partial charge in [0, 0.05) is 7.05 Å². The third kappa shape index (κ3) is 1.91. The number of hydrogen-bond donors (Lipinski definition) is 1. The second-order valence-corrected chi connectivity index (χ2v) is 4.38. The van der Waals surface area contributed by atoms with Crippen molar-refractivity contribution in [1.82, 2.24) is 14.9 Å². The van der Waals surface area contributed by atoms with Crippen LogP contribution in [0.3, 0.4) is 0 Å². The van der Waals surface area contributed by atoms with Crippen molar-refractivity contribution in [2.75, 3.05) is 0 Å². The predicted molar refractivity (Wildman–Crippen MR) is 53.1 cm³/mol. The lowest BCUT2D eigenvalue weighted by molar-refractivity contribution is -0.166. The largest absolute Gasteiger partial charge is 0.406 e. The summed E-state index contributed by atoms with van der Waals surface area (Å²) in [6, 6.07) is 0. The summed E-state index contributed by atoms with van der Waals surface area (Å²) in [6.07, 6.45) is -2.50. The van der Waals surface area contributed by atoms with E-state index in [0.29, 0.717) is 11.0 Å². The SMILES string of the molecule is Cn1c(Cl)cnc1CNC1(C(F)(F)F)CC1. The minimum absolute atomic E-state index is 0.0722. The van der Waals surface area contributed by atoms with Crippen LogP contribution in [0.15, 0.2) is 6.20 Å². The number of aromatic nitrogens is 2. The summed E-state index contributed by atoms with van der Waals surface area (Å²) in [7, 11) is 1.67. The minimum Gasteiger partial charge on any atom is -0.321 e. The maximum Gasteiger partial charge on any atom is 0.406 e. The summed E-state index contributed by atoms with van der Waals surface area (Å²) in [6.45, 7) is 0.0722. The van der Waals surface area contributed by atoms with Gasteiger partial charge in [-0.2, -0.15) is 13.2 Å². The molecular formula is C9H11ClF3N3. The van der Waals surface area contributed by atoms with Crippen LogP contribution in [-0.2, 0) is 13.6 Å². The molecule has 1 aliphatic carbocycles. The van der Waals surface area contributed by atoms with Gasteiger partial charge in [-0.05, 0) is 12.8 Å². The average molecular weight is 254 g/mol. The molecule has 0 amide bonds. The van der Waals surface area contributed by atoms with Crippen molar-refractivity contribution in [3.8, 4) is 0 Å². The number of halogens is 4. The summed E-state index contributed by atoms with van der Waals surface area (Å²) in [5.41, 5.74) is -1.70. The lowest BCUT2D eigenvalue weighted by Crippen LogP contribution is -2.44. The van der Waals surface area contributed by atoms with Crippen LogP contribution in [-0.4, -0.2) is 21.3 Å². The van der Waals surface area contributed by atoms with Gasteiger partial charge in [-0.25, -0.2) is 4.98 Å². The molecule has 1 aromatic heterocycles. The van der Waals surface area contributed by atoms with E-state index in [1.54, 1.807) is 11.6 Å². The Kier molecular flexibility index (Phi) is 2.66. The molecule has 0 aliphatic heterocycles. The zero-order chi connectivity index (χ0) is 12.0. The first-order chi connectivity index (χ1) is 7.36. The summed E-state index contributed by atoms with van der Waals surface area (Å²) < 4.78 is 39.3. The van der Waals surface area contributed by atoms with Gasteiger partial charge in [0.2, 0.25) is 0 Å². The highest BCUT2D eigenvalue weighted by molar-refractivity contribution is 6.29. The number of imidazole rings is 1. The molecule has 16 heavy (non-hydrogen) atoms. The van der Waals surface area contributed by atoms with Crippen molar-refractivity contribution < 1.29 is 13.2 Å². The second-order valence-electron chi connectivity index (χ2n) is 3.99. The number of hydrogen-bond acceptors (Lipinski definition) is 2. The summed E-state index contributed by atoms with van der Waals surface area (Å²) in [4.78, 5) is 3.93. The standard InChI is InChI=1S/C9H11ClF3N3/c1-16-6(10)4-14-7(16)5-15-8(2-3-8)9(11,12)13/h4,15H,2-3,5H2,1H3. The topological polar surface area (TPSA) is 29.9 Å². The first-order valence-corrected chi connectivity index (χ1v) is 5.21. The Hall–Kier alpha value is -0.750. The van der Waals surface area contributed by atoms with Gasteiger partial charge in [-0.1, -0.05) is 11.6 Å². The van der Waals surface area contributed by atoms with E-state index < -0.39 is 11.7 Å². The molecular weight excluding hydrogens is 243 g/mol. The molecule has 0 atom stereocenters. The van der Waals surface area contributed by atoms with Crippen LogP contribution in [0.2, 0.25) is 5.15 Å². The number of alkyl halides is 3. The van der Waals surface area contributed by atoms with Crippen molar-refractivity contribution in [3.63, 3.8) is 0 Å². The maximum atomic E-state index is 12.6. The Labute approximate surface area is 95.6 Å². The van der Waals surface area contributed by atoms with Crippen LogP contribution in [0.25, 0.3) is 0 Å². The second kappa shape index (κ2) is 3.63. The van der Waals surface area contributed by atoms with E-state index in [1.165, 1.54) is 6.20 Å². The molecule has 2 rings (SSSR count). The molecule has 0 bridgehead atoms. The van der Waals surface area contributed by atoms with Crippen LogP contribution < -0.4 is 5.32 Å². The van der Waals surface area contributed by atoms with Crippen molar-refractivity contribution >= 4 is 11.6 Å². The van der Waals surface area contributed by atoms with Crippen LogP contribution in [0, 0.1) is 0 Å². The zero-order valence-corrected chi connectivity index (χ0v) is 9.36. The monoisotopic (exact) mass is 253 g/mol. The molecule has 3 nitrogen and oxygen atoms in total. The van der Waals surface area contributed by atoms with Crippen molar-refractivity contribution in [2.45, 2.75) is 31.1 Å². The van der Waals surface area contributed by atoms with Crippen LogP contribution in [0.1, 0.15) is 18.7 Å². The first kappa shape index (κ1) is 11.7. The Morgan fingerprint density at radius 3 is 2.56 bits per heavy atom. The molecule has 7 heteroatoms. The molecule has 1 aromatic rings. The van der Waals surface area contributed by atoms with E-state index >= 15 is 0 Å². The maximum absolute atomic E-state index is 12.6. The van der Waals surface area contributed by atoms with Gasteiger partial charge < -0.3 is 4.57 Å². The van der Waals surface area contributed by atoms with Crippen molar-refractivity contribution in [2.24, 2.45) is 7.05 Å². The van der Waals surface area contributed by atoms with Gasteiger partial charge in [0.1, 0.15) is 16.5 Å². The van der Waals surface area contributed by atoms with Gasteiger partial charge in [0.05, 0.1) is 12.7 Å². The molecule has 0 radical (unpaired) electrons. The minimum atomic E-state index is -4.19. The molecule has 1 N–H and O–H groups in total. The molecule has 0 unspecified atom stereocenters. The fraction of sp³-hybridized carbons (Fsp3) is 0.667. The quantitative estimate of drug-likeness (QED) is 0.896. The third-order valence-electron chi connectivity index (χ3n) is 2.91. The molecule has 1 fully saturated rings. The fourth-order valence-electron chi connectivity index (χ4n) is 1.52. The van der Waals surface area contributed by atoms with E-state index in [4.69, 9.17) is 11.6 Å². The smallest absolute Gasteiger partial charge is 0.321 e. The lowest BCUT2D eigenvalue weighted by atomic mass is 10.2. The van der Waals surface area contributed by atoms with Crippen molar-refractivity contribution in [1.29, 1.82) is 0 Å². The summed E-state index contributed by atoms with van der Waals surface area (Å²) in [5.74, 6) is 0.500. The molecule has 90 valence electrons. The number of nitrogens with zero attached hydrogens (tertiary/aromatic N) is 2.